The van der Waals surface area contributed by atoms with Crippen molar-refractivity contribution in [2.45, 2.75) is 162 Å². The molecular formula is C42H73N3O13Si. The summed E-state index contributed by atoms with van der Waals surface area (Å²) in [6, 6.07) is 8.13. The molecule has 0 aromatic heterocycles. The Balaban J connectivity index is 0. The van der Waals surface area contributed by atoms with Crippen LogP contribution in [0.2, 0.25) is 25.7 Å². The van der Waals surface area contributed by atoms with Crippen LogP contribution in [0, 0.1) is 5.92 Å². The van der Waals surface area contributed by atoms with E-state index in [-0.39, 0.29) is 51.7 Å². The summed E-state index contributed by atoms with van der Waals surface area (Å²) in [5.74, 6) is -4.64. The maximum absolute atomic E-state index is 13.3. The number of methoxy groups -OCH3 is 1. The van der Waals surface area contributed by atoms with Crippen molar-refractivity contribution in [3.8, 4) is 0 Å². The normalized spacial score (nSPS) is 12.6. The van der Waals surface area contributed by atoms with Crippen molar-refractivity contribution in [1.29, 1.82) is 0 Å². The van der Waals surface area contributed by atoms with Gasteiger partial charge in [0, 0.05) is 33.4 Å². The zero-order valence-electron chi connectivity index (χ0n) is 37.5. The lowest BCUT2D eigenvalue weighted by Crippen LogP contribution is -2.45. The largest absolute Gasteiger partial charge is 0.480 e. The van der Waals surface area contributed by atoms with Crippen molar-refractivity contribution in [2.75, 3.05) is 20.3 Å². The van der Waals surface area contributed by atoms with Gasteiger partial charge in [-0.25, -0.2) is 9.59 Å². The number of carboxylic acid groups (broad SMARTS) is 1. The number of nitrogens with one attached hydrogen (secondary N) is 2. The Morgan fingerprint density at radius 3 is 1.81 bits per heavy atom. The van der Waals surface area contributed by atoms with E-state index in [1.165, 1.54) is 7.11 Å². The van der Waals surface area contributed by atoms with Gasteiger partial charge in [-0.05, 0) is 85.3 Å². The molecule has 1 aromatic carbocycles. The Labute approximate surface area is 352 Å². The van der Waals surface area contributed by atoms with E-state index in [0.29, 0.717) is 19.4 Å². The lowest BCUT2D eigenvalue weighted by molar-refractivity contribution is -0.156. The minimum absolute atomic E-state index is 0.0325. The van der Waals surface area contributed by atoms with Gasteiger partial charge in [-0.15, -0.1) is 0 Å². The highest BCUT2D eigenvalue weighted by Crippen LogP contribution is 2.18. The highest BCUT2D eigenvalue weighted by atomic mass is 28.3. The van der Waals surface area contributed by atoms with Gasteiger partial charge in [0.1, 0.15) is 29.9 Å². The quantitative estimate of drug-likeness (QED) is 0.0434. The summed E-state index contributed by atoms with van der Waals surface area (Å²) < 4.78 is 25.8. The first kappa shape index (κ1) is 56.6. The monoisotopic (exact) mass is 855 g/mol. The van der Waals surface area contributed by atoms with Gasteiger partial charge in [-0.1, -0.05) is 63.8 Å². The second kappa shape index (κ2) is 29.7. The van der Waals surface area contributed by atoms with Crippen LogP contribution in [-0.2, 0) is 59.1 Å². The van der Waals surface area contributed by atoms with Crippen molar-refractivity contribution in [1.82, 2.24) is 10.6 Å². The van der Waals surface area contributed by atoms with E-state index in [1.807, 2.05) is 44.2 Å². The number of hydrogen-bond acceptors (Lipinski definition) is 13. The predicted molar refractivity (Wildman–Crippen MR) is 227 cm³/mol. The second-order valence-electron chi connectivity index (χ2n) is 16.7. The van der Waals surface area contributed by atoms with Crippen molar-refractivity contribution in [2.24, 2.45) is 11.7 Å². The molecule has 0 fully saturated rings. The molecule has 0 saturated heterocycles. The lowest BCUT2D eigenvalue weighted by Gasteiger charge is -2.23. The fourth-order valence-corrected chi connectivity index (χ4v) is 5.36. The average Bonchev–Trinajstić information content (AvgIpc) is 3.13. The number of carbonyl (C=O) groups is 7. The van der Waals surface area contributed by atoms with Gasteiger partial charge >= 0.3 is 35.9 Å². The van der Waals surface area contributed by atoms with Crippen LogP contribution in [0.5, 0.6) is 0 Å². The first-order valence-electron chi connectivity index (χ1n) is 20.2. The van der Waals surface area contributed by atoms with E-state index in [4.69, 9.17) is 34.5 Å². The molecule has 338 valence electrons. The van der Waals surface area contributed by atoms with Crippen LogP contribution in [0.25, 0.3) is 0 Å². The third-order valence-electron chi connectivity index (χ3n) is 7.62. The van der Waals surface area contributed by atoms with Crippen LogP contribution in [-0.4, -0.2) is 98.6 Å². The number of carboxylic acids is 1. The van der Waals surface area contributed by atoms with E-state index in [1.54, 1.807) is 41.5 Å². The number of ether oxygens (including phenoxy) is 5. The molecule has 0 spiro atoms. The molecule has 0 saturated carbocycles. The molecule has 1 rings (SSSR count). The smallest absolute Gasteiger partial charge is 0.407 e. The number of amides is 2. The molecule has 17 heteroatoms. The SMILES string of the molecule is CC.CC(C)(C)OC(=O)CC[C@H](N)C(=O)O.COC(=O)[C@H](CCCCNC(=O)OCc1ccccc1)NC(=O)[C@H](CCC(=O)OC(C)(C)C)CC(=O)OCC[Si](C)(C)C. The van der Waals surface area contributed by atoms with E-state index < -0.39 is 79.1 Å². The fourth-order valence-electron chi connectivity index (χ4n) is 4.65. The molecule has 1 aromatic rings. The summed E-state index contributed by atoms with van der Waals surface area (Å²) in [5.41, 5.74) is 4.87. The van der Waals surface area contributed by atoms with Crippen molar-refractivity contribution < 1.29 is 62.4 Å². The molecule has 2 amide bonds. The summed E-state index contributed by atoms with van der Waals surface area (Å²) in [7, 11) is -0.197. The summed E-state index contributed by atoms with van der Waals surface area (Å²) in [4.78, 5) is 84.0. The zero-order chi connectivity index (χ0) is 45.8. The number of rotatable bonds is 22. The van der Waals surface area contributed by atoms with Crippen molar-refractivity contribution in [3.63, 3.8) is 0 Å². The molecule has 0 aliphatic rings. The molecule has 0 heterocycles. The summed E-state index contributed by atoms with van der Waals surface area (Å²) >= 11 is 0. The topological polar surface area (TPSA) is 236 Å². The Kier molecular flexibility index (Phi) is 28.4. The first-order valence-corrected chi connectivity index (χ1v) is 23.9. The van der Waals surface area contributed by atoms with Crippen LogP contribution >= 0.6 is 0 Å². The third kappa shape index (κ3) is 33.1. The molecule has 3 atom stereocenters. The zero-order valence-corrected chi connectivity index (χ0v) is 38.5. The van der Waals surface area contributed by atoms with Gasteiger partial charge in [0.2, 0.25) is 5.91 Å². The molecule has 16 nitrogen and oxygen atoms in total. The van der Waals surface area contributed by atoms with Crippen LogP contribution < -0.4 is 16.4 Å². The molecular weight excluding hydrogens is 783 g/mol. The number of aliphatic carboxylic acids is 1. The molecule has 0 aliphatic carbocycles. The summed E-state index contributed by atoms with van der Waals surface area (Å²) in [5, 5.41) is 13.8. The summed E-state index contributed by atoms with van der Waals surface area (Å²) in [6.45, 7) is 21.7. The van der Waals surface area contributed by atoms with E-state index >= 15 is 0 Å². The molecule has 59 heavy (non-hydrogen) atoms. The number of unbranched alkanes of at least 4 members (excludes halogenated alkanes) is 1. The standard InChI is InChI=1S/C31H50N2O9Si.C9H17NO4.C2H6/c1-31(2,3)42-26(34)17-16-24(21-27(35)40-19-20-43(5,6)7)28(36)33-25(29(37)39-4)15-11-12-18-32-30(38)41-22-23-13-9-8-10-14-23;1-9(2,3)14-7(11)5-4-6(10)8(12)13;1-2/h8-10,13-14,24-25H,11-12,15-22H2,1-7H3,(H,32,38)(H,33,36);6H,4-5,10H2,1-3H3,(H,12,13);1-2H3/t24-,25+;6-;/m10./s1. The Morgan fingerprint density at radius 2 is 1.32 bits per heavy atom. The number of esters is 4. The van der Waals surface area contributed by atoms with Gasteiger partial charge in [0.25, 0.3) is 0 Å². The van der Waals surface area contributed by atoms with Crippen molar-refractivity contribution >= 4 is 49.9 Å². The maximum Gasteiger partial charge on any atom is 0.407 e. The van der Waals surface area contributed by atoms with Crippen LogP contribution in [0.15, 0.2) is 30.3 Å². The highest BCUT2D eigenvalue weighted by Gasteiger charge is 2.30. The fraction of sp³-hybridized carbons (Fsp3) is 0.690. The van der Waals surface area contributed by atoms with Crippen molar-refractivity contribution in [3.05, 3.63) is 35.9 Å². The molecule has 0 bridgehead atoms. The van der Waals surface area contributed by atoms with Gasteiger partial charge in [0.05, 0.1) is 20.1 Å². The maximum atomic E-state index is 13.3. The highest BCUT2D eigenvalue weighted by molar-refractivity contribution is 6.76. The minimum Gasteiger partial charge on any atom is -0.480 e. The van der Waals surface area contributed by atoms with E-state index in [9.17, 15) is 33.6 Å². The Hall–Kier alpha value is -4.51. The third-order valence-corrected chi connectivity index (χ3v) is 9.32. The Morgan fingerprint density at radius 1 is 0.780 bits per heavy atom. The number of alkyl carbamates (subject to hydrolysis) is 1. The molecule has 0 radical (unpaired) electrons. The molecule has 0 unspecified atom stereocenters. The van der Waals surface area contributed by atoms with Crippen LogP contribution in [0.3, 0.4) is 0 Å². The number of benzene rings is 1. The predicted octanol–water partition coefficient (Wildman–Crippen LogP) is 6.30. The van der Waals surface area contributed by atoms with E-state index in [0.717, 1.165) is 11.6 Å². The molecule has 5 N–H and O–H groups in total. The number of hydrogen-bond donors (Lipinski definition) is 4. The Bertz CT molecular complexity index is 1420. The molecule has 0 aliphatic heterocycles. The number of carbonyl (C=O) groups excluding carboxylic acids is 6. The summed E-state index contributed by atoms with van der Waals surface area (Å²) in [6.07, 6.45) is 0.581. The van der Waals surface area contributed by atoms with Gasteiger partial charge in [-0.3, -0.25) is 24.0 Å². The second-order valence-corrected chi connectivity index (χ2v) is 22.3. The number of nitrogens with two attached hydrogens (primary N) is 1. The van der Waals surface area contributed by atoms with E-state index in [2.05, 4.69) is 30.3 Å². The van der Waals surface area contributed by atoms with Gasteiger partial charge < -0.3 is 45.2 Å². The van der Waals surface area contributed by atoms with Crippen LogP contribution in [0.1, 0.15) is 112 Å². The van der Waals surface area contributed by atoms with Crippen LogP contribution in [0.4, 0.5) is 4.79 Å². The first-order chi connectivity index (χ1) is 27.3. The minimum atomic E-state index is -1.42. The van der Waals surface area contributed by atoms with Gasteiger partial charge in [0.15, 0.2) is 0 Å². The average molecular weight is 856 g/mol. The van der Waals surface area contributed by atoms with Gasteiger partial charge in [-0.2, -0.15) is 0 Å². The lowest BCUT2D eigenvalue weighted by atomic mass is 9.97.